The molecule has 0 bridgehead atoms. The van der Waals surface area contributed by atoms with Crippen LogP contribution in [0.2, 0.25) is 0 Å². The van der Waals surface area contributed by atoms with Gasteiger partial charge in [-0.15, -0.1) is 0 Å². The van der Waals surface area contributed by atoms with Crippen LogP contribution in [0.4, 0.5) is 5.69 Å². The Bertz CT molecular complexity index is 894. The van der Waals surface area contributed by atoms with E-state index in [0.717, 1.165) is 22.5 Å². The van der Waals surface area contributed by atoms with E-state index in [2.05, 4.69) is 42.0 Å². The standard InChI is InChI=1S/C18H22N4O/c1-11(2)12-6-7-14-13(10-20-15(14)8-12)9-16-17(23)22(5)18(19-3)21(16)4/h6-11,23H,1-5H3. The van der Waals surface area contributed by atoms with Crippen molar-refractivity contribution in [2.24, 2.45) is 24.1 Å². The number of aromatic hydroxyl groups is 1. The Morgan fingerprint density at radius 2 is 1.96 bits per heavy atom. The van der Waals surface area contributed by atoms with Gasteiger partial charge in [-0.3, -0.25) is 14.6 Å². The van der Waals surface area contributed by atoms with Crippen LogP contribution in [0.15, 0.2) is 28.2 Å². The molecule has 1 aromatic heterocycles. The molecule has 5 nitrogen and oxygen atoms in total. The normalized spacial score (nSPS) is 15.9. The maximum atomic E-state index is 10.3. The van der Waals surface area contributed by atoms with Crippen LogP contribution in [-0.4, -0.2) is 27.5 Å². The average molecular weight is 310 g/mol. The van der Waals surface area contributed by atoms with E-state index in [1.165, 1.54) is 5.56 Å². The van der Waals surface area contributed by atoms with Crippen LogP contribution >= 0.6 is 0 Å². The highest BCUT2D eigenvalue weighted by Gasteiger charge is 2.17. The first kappa shape index (κ1) is 15.3. The molecule has 120 valence electrons. The van der Waals surface area contributed by atoms with E-state index >= 15 is 0 Å². The number of aromatic nitrogens is 2. The molecule has 0 unspecified atom stereocenters. The number of rotatable bonds is 2. The number of allylic oxidation sites excluding steroid dienone is 1. The zero-order valence-corrected chi connectivity index (χ0v) is 14.2. The third-order valence-electron chi connectivity index (χ3n) is 4.34. The topological polar surface area (TPSA) is 54.8 Å². The summed E-state index contributed by atoms with van der Waals surface area (Å²) in [5.74, 6) is 0.675. The van der Waals surface area contributed by atoms with Crippen molar-refractivity contribution in [1.82, 2.24) is 9.13 Å². The molecule has 0 aliphatic carbocycles. The van der Waals surface area contributed by atoms with Crippen LogP contribution in [0, 0.1) is 0 Å². The highest BCUT2D eigenvalue weighted by molar-refractivity contribution is 6.21. The predicted octanol–water partition coefficient (Wildman–Crippen LogP) is 2.98. The van der Waals surface area contributed by atoms with Crippen molar-refractivity contribution < 1.29 is 5.11 Å². The second-order valence-corrected chi connectivity index (χ2v) is 6.14. The molecular formula is C18H22N4O. The van der Waals surface area contributed by atoms with E-state index in [1.54, 1.807) is 18.7 Å². The zero-order chi connectivity index (χ0) is 16.7. The van der Waals surface area contributed by atoms with Crippen molar-refractivity contribution in [3.63, 3.8) is 0 Å². The Morgan fingerprint density at radius 1 is 1.22 bits per heavy atom. The third-order valence-corrected chi connectivity index (χ3v) is 4.34. The third kappa shape index (κ3) is 2.42. The maximum absolute atomic E-state index is 10.3. The number of aliphatic imine (C=N–C) groups is 1. The van der Waals surface area contributed by atoms with Crippen LogP contribution in [0.3, 0.4) is 0 Å². The minimum absolute atomic E-state index is 0.196. The summed E-state index contributed by atoms with van der Waals surface area (Å²) in [5.41, 5.74) is 5.78. The largest absolute Gasteiger partial charge is 0.493 e. The van der Waals surface area contributed by atoms with Gasteiger partial charge in [-0.1, -0.05) is 26.0 Å². The first-order chi connectivity index (χ1) is 10.9. The zero-order valence-electron chi connectivity index (χ0n) is 14.2. The molecule has 0 saturated carbocycles. The fourth-order valence-corrected chi connectivity index (χ4v) is 2.94. The summed E-state index contributed by atoms with van der Waals surface area (Å²) in [6.07, 6.45) is 3.80. The molecule has 2 aromatic rings. The summed E-state index contributed by atoms with van der Waals surface area (Å²) in [7, 11) is 5.40. The molecule has 1 N–H and O–H groups in total. The highest BCUT2D eigenvalue weighted by Crippen LogP contribution is 2.35. The summed E-state index contributed by atoms with van der Waals surface area (Å²) >= 11 is 0. The second kappa shape index (κ2) is 5.57. The van der Waals surface area contributed by atoms with Crippen molar-refractivity contribution in [3.8, 4) is 5.88 Å². The van der Waals surface area contributed by atoms with Crippen LogP contribution < -0.4 is 5.62 Å². The van der Waals surface area contributed by atoms with Gasteiger partial charge in [0, 0.05) is 38.5 Å². The first-order valence-corrected chi connectivity index (χ1v) is 7.71. The molecule has 0 spiro atoms. The number of fused-ring (bicyclic) bond motifs is 1. The van der Waals surface area contributed by atoms with E-state index in [4.69, 9.17) is 0 Å². The van der Waals surface area contributed by atoms with Crippen molar-refractivity contribution in [3.05, 3.63) is 40.6 Å². The highest BCUT2D eigenvalue weighted by atomic mass is 16.3. The summed E-state index contributed by atoms with van der Waals surface area (Å²) in [6.45, 7) is 4.35. The Labute approximate surface area is 136 Å². The van der Waals surface area contributed by atoms with Crippen LogP contribution in [0.25, 0.3) is 11.6 Å². The van der Waals surface area contributed by atoms with Gasteiger partial charge in [0.2, 0.25) is 11.5 Å². The van der Waals surface area contributed by atoms with E-state index in [-0.39, 0.29) is 5.88 Å². The number of hydrogen-bond acceptors (Lipinski definition) is 3. The number of imidazole rings is 1. The van der Waals surface area contributed by atoms with Gasteiger partial charge in [0.05, 0.1) is 5.69 Å². The smallest absolute Gasteiger partial charge is 0.218 e. The molecule has 5 heteroatoms. The van der Waals surface area contributed by atoms with E-state index in [0.29, 0.717) is 11.5 Å². The van der Waals surface area contributed by atoms with Crippen molar-refractivity contribution in [2.45, 2.75) is 19.8 Å². The molecule has 1 aliphatic rings. The van der Waals surface area contributed by atoms with E-state index < -0.39 is 0 Å². The molecule has 1 aromatic carbocycles. The lowest BCUT2D eigenvalue weighted by molar-refractivity contribution is 0.427. The minimum Gasteiger partial charge on any atom is -0.493 e. The quantitative estimate of drug-likeness (QED) is 0.911. The molecule has 0 atom stereocenters. The fourth-order valence-electron chi connectivity index (χ4n) is 2.94. The van der Waals surface area contributed by atoms with Gasteiger partial charge in [-0.05, 0) is 23.6 Å². The summed E-state index contributed by atoms with van der Waals surface area (Å²) < 4.78 is 3.54. The Hall–Kier alpha value is -2.56. The molecule has 1 aliphatic heterocycles. The van der Waals surface area contributed by atoms with Crippen molar-refractivity contribution >= 4 is 23.6 Å². The lowest BCUT2D eigenvalue weighted by Crippen LogP contribution is -2.22. The van der Waals surface area contributed by atoms with E-state index in [9.17, 15) is 5.11 Å². The molecule has 0 radical (unpaired) electrons. The molecule has 2 heterocycles. The van der Waals surface area contributed by atoms with E-state index in [1.807, 2.05) is 23.9 Å². The number of hydrogen-bond donors (Lipinski definition) is 1. The predicted molar refractivity (Wildman–Crippen MR) is 94.1 cm³/mol. The van der Waals surface area contributed by atoms with Gasteiger partial charge in [-0.25, -0.2) is 0 Å². The van der Waals surface area contributed by atoms with Gasteiger partial charge in [-0.2, -0.15) is 0 Å². The number of benzene rings is 1. The molecule has 23 heavy (non-hydrogen) atoms. The van der Waals surface area contributed by atoms with Crippen LogP contribution in [0.1, 0.15) is 36.6 Å². The van der Waals surface area contributed by atoms with Gasteiger partial charge >= 0.3 is 0 Å². The van der Waals surface area contributed by atoms with Gasteiger partial charge in [0.15, 0.2) is 0 Å². The number of nitrogens with zero attached hydrogens (tertiary/aromatic N) is 4. The Morgan fingerprint density at radius 3 is 2.57 bits per heavy atom. The molecule has 0 saturated heterocycles. The SMILES string of the molecule is CN=c1n(C)c(O)c(C=C2C=Nc3cc(C(C)C)ccc32)n1C. The van der Waals surface area contributed by atoms with Crippen LogP contribution in [0.5, 0.6) is 5.88 Å². The van der Waals surface area contributed by atoms with Gasteiger partial charge in [0.1, 0.15) is 5.69 Å². The van der Waals surface area contributed by atoms with Crippen molar-refractivity contribution in [1.29, 1.82) is 0 Å². The fraction of sp³-hybridized carbons (Fsp3) is 0.333. The lowest BCUT2D eigenvalue weighted by Gasteiger charge is -2.07. The van der Waals surface area contributed by atoms with Gasteiger partial charge < -0.3 is 9.67 Å². The maximum Gasteiger partial charge on any atom is 0.218 e. The summed E-state index contributed by atoms with van der Waals surface area (Å²) in [5, 5.41) is 10.3. The minimum atomic E-state index is 0.196. The molecule has 0 amide bonds. The lowest BCUT2D eigenvalue weighted by atomic mass is 9.98. The monoisotopic (exact) mass is 310 g/mol. The van der Waals surface area contributed by atoms with Crippen molar-refractivity contribution in [2.75, 3.05) is 7.05 Å². The summed E-state index contributed by atoms with van der Waals surface area (Å²) in [6, 6.07) is 6.38. The average Bonchev–Trinajstić information content (AvgIpc) is 3.02. The summed E-state index contributed by atoms with van der Waals surface area (Å²) in [4.78, 5) is 8.72. The Balaban J connectivity index is 2.11. The molecule has 0 fully saturated rings. The van der Waals surface area contributed by atoms with Crippen LogP contribution in [-0.2, 0) is 14.1 Å². The molecule has 3 rings (SSSR count). The Kier molecular flexibility index (Phi) is 3.72. The molecular weight excluding hydrogens is 288 g/mol. The first-order valence-electron chi connectivity index (χ1n) is 7.71. The van der Waals surface area contributed by atoms with Gasteiger partial charge in [0.25, 0.3) is 0 Å². The second-order valence-electron chi connectivity index (χ2n) is 6.14.